The quantitative estimate of drug-likeness (QED) is 0.712. The molecule has 0 heterocycles. The average molecular weight is 360 g/mol. The van der Waals surface area contributed by atoms with Gasteiger partial charge in [-0.3, -0.25) is 0 Å². The molecule has 3 heteroatoms. The van der Waals surface area contributed by atoms with E-state index in [9.17, 15) is 0 Å². The van der Waals surface area contributed by atoms with Crippen LogP contribution in [0.2, 0.25) is 0 Å². The van der Waals surface area contributed by atoms with Gasteiger partial charge in [0, 0.05) is 28.7 Å². The van der Waals surface area contributed by atoms with Gasteiger partial charge in [-0.05, 0) is 36.8 Å². The molecule has 0 radical (unpaired) electrons. The summed E-state index contributed by atoms with van der Waals surface area (Å²) < 4.78 is 17.1. The number of fused-ring (bicyclic) bond motifs is 1. The van der Waals surface area contributed by atoms with Crippen molar-refractivity contribution in [1.82, 2.24) is 0 Å². The van der Waals surface area contributed by atoms with E-state index in [0.29, 0.717) is 17.2 Å². The van der Waals surface area contributed by atoms with Crippen molar-refractivity contribution in [1.29, 1.82) is 0 Å². The topological polar surface area (TPSA) is 27.7 Å². The van der Waals surface area contributed by atoms with Crippen LogP contribution in [0.5, 0.6) is 17.2 Å². The highest BCUT2D eigenvalue weighted by Crippen LogP contribution is 2.51. The molecule has 4 rings (SSSR count). The summed E-state index contributed by atoms with van der Waals surface area (Å²) in [6.45, 7) is 0. The Kier molecular flexibility index (Phi) is 4.81. The molecule has 0 aliphatic heterocycles. The molecule has 0 saturated carbocycles. The van der Waals surface area contributed by atoms with Crippen molar-refractivity contribution in [3.63, 3.8) is 0 Å². The van der Waals surface area contributed by atoms with Gasteiger partial charge in [-0.2, -0.15) is 0 Å². The Morgan fingerprint density at radius 3 is 2.30 bits per heavy atom. The largest absolute Gasteiger partial charge is 0.493 e. The van der Waals surface area contributed by atoms with Gasteiger partial charge < -0.3 is 14.2 Å². The molecule has 3 nitrogen and oxygen atoms in total. The number of hydrogen-bond acceptors (Lipinski definition) is 3. The Morgan fingerprint density at radius 2 is 1.59 bits per heavy atom. The molecule has 1 unspecified atom stereocenters. The van der Waals surface area contributed by atoms with Crippen LogP contribution in [0.3, 0.4) is 0 Å². The second kappa shape index (κ2) is 7.40. The van der Waals surface area contributed by atoms with Gasteiger partial charge in [0.1, 0.15) is 0 Å². The highest BCUT2D eigenvalue weighted by atomic mass is 16.5. The summed E-state index contributed by atoms with van der Waals surface area (Å²) in [6.07, 6.45) is 4.53. The van der Waals surface area contributed by atoms with Gasteiger partial charge in [-0.15, -0.1) is 0 Å². The van der Waals surface area contributed by atoms with Gasteiger partial charge in [0.15, 0.2) is 11.5 Å². The lowest BCUT2D eigenvalue weighted by Crippen LogP contribution is -2.13. The number of allylic oxidation sites excluding steroid dienone is 2. The summed E-state index contributed by atoms with van der Waals surface area (Å²) in [5.41, 5.74) is 5.99. The first-order valence-corrected chi connectivity index (χ1v) is 9.40. The minimum Gasteiger partial charge on any atom is -0.493 e. The second-order valence-corrected chi connectivity index (χ2v) is 6.91. The monoisotopic (exact) mass is 360 g/mol. The first-order chi connectivity index (χ1) is 13.3. The molecular formula is C24H24O3. The van der Waals surface area contributed by atoms with Crippen molar-refractivity contribution in [3.8, 4) is 29.1 Å². The molecule has 0 spiro atoms. The van der Waals surface area contributed by atoms with Crippen molar-refractivity contribution in [2.45, 2.75) is 31.6 Å². The van der Waals surface area contributed by atoms with E-state index in [0.717, 1.165) is 24.0 Å². The van der Waals surface area contributed by atoms with Crippen molar-refractivity contribution < 1.29 is 14.2 Å². The van der Waals surface area contributed by atoms with Crippen LogP contribution in [0.25, 0.3) is 0 Å². The SMILES string of the molecule is COc1cc2c(c(OC)c1OC)C(c1ccccc1)C1=C(C#C2)CCCC1. The van der Waals surface area contributed by atoms with Gasteiger partial charge in [0.2, 0.25) is 5.75 Å². The van der Waals surface area contributed by atoms with Crippen LogP contribution in [0.15, 0.2) is 47.5 Å². The molecule has 0 aromatic heterocycles. The highest BCUT2D eigenvalue weighted by molar-refractivity contribution is 5.69. The molecule has 0 amide bonds. The van der Waals surface area contributed by atoms with Gasteiger partial charge in [-0.25, -0.2) is 0 Å². The molecule has 0 fully saturated rings. The predicted molar refractivity (Wildman–Crippen MR) is 107 cm³/mol. The van der Waals surface area contributed by atoms with Crippen molar-refractivity contribution in [2.24, 2.45) is 0 Å². The summed E-state index contributed by atoms with van der Waals surface area (Å²) >= 11 is 0. The smallest absolute Gasteiger partial charge is 0.203 e. The zero-order valence-corrected chi connectivity index (χ0v) is 16.1. The van der Waals surface area contributed by atoms with E-state index in [1.807, 2.05) is 6.07 Å². The van der Waals surface area contributed by atoms with Gasteiger partial charge in [-0.1, -0.05) is 42.2 Å². The van der Waals surface area contributed by atoms with Gasteiger partial charge in [0.25, 0.3) is 0 Å². The molecule has 2 aliphatic carbocycles. The number of ether oxygens (including phenoxy) is 3. The lowest BCUT2D eigenvalue weighted by Gasteiger charge is -2.28. The van der Waals surface area contributed by atoms with E-state index in [2.05, 4.69) is 42.2 Å². The first kappa shape index (κ1) is 17.5. The lowest BCUT2D eigenvalue weighted by molar-refractivity contribution is 0.321. The minimum absolute atomic E-state index is 0.105. The average Bonchev–Trinajstić information content (AvgIpc) is 2.89. The lowest BCUT2D eigenvalue weighted by atomic mass is 9.76. The molecule has 0 N–H and O–H groups in total. The van der Waals surface area contributed by atoms with E-state index in [1.165, 1.54) is 29.6 Å². The fraction of sp³-hybridized carbons (Fsp3) is 0.333. The van der Waals surface area contributed by atoms with Crippen LogP contribution in [0.1, 0.15) is 48.3 Å². The number of hydrogen-bond donors (Lipinski definition) is 0. The van der Waals surface area contributed by atoms with Crippen LogP contribution in [0, 0.1) is 11.8 Å². The Hall–Kier alpha value is -2.86. The predicted octanol–water partition coefficient (Wildman–Crippen LogP) is 5.08. The van der Waals surface area contributed by atoms with Gasteiger partial charge >= 0.3 is 0 Å². The third kappa shape index (κ3) is 2.96. The maximum Gasteiger partial charge on any atom is 0.203 e. The fourth-order valence-electron chi connectivity index (χ4n) is 4.29. The maximum atomic E-state index is 5.87. The van der Waals surface area contributed by atoms with Crippen molar-refractivity contribution in [2.75, 3.05) is 21.3 Å². The number of methoxy groups -OCH3 is 3. The standard InChI is InChI=1S/C24H24O3/c1-25-20-15-18-14-13-16-9-7-8-12-19(16)21(17-10-5-4-6-11-17)22(18)24(27-3)23(20)26-2/h4-6,10-11,15,21H,7-9,12H2,1-3H3. The molecule has 2 aliphatic rings. The summed E-state index contributed by atoms with van der Waals surface area (Å²) in [5, 5.41) is 0. The van der Waals surface area contributed by atoms with E-state index in [4.69, 9.17) is 14.2 Å². The summed E-state index contributed by atoms with van der Waals surface area (Å²) in [7, 11) is 4.98. The van der Waals surface area contributed by atoms with Gasteiger partial charge in [0.05, 0.1) is 21.3 Å². The molecule has 0 bridgehead atoms. The Morgan fingerprint density at radius 1 is 0.852 bits per heavy atom. The van der Waals surface area contributed by atoms with E-state index < -0.39 is 0 Å². The first-order valence-electron chi connectivity index (χ1n) is 9.40. The van der Waals surface area contributed by atoms with E-state index in [-0.39, 0.29) is 5.92 Å². The summed E-state index contributed by atoms with van der Waals surface area (Å²) in [4.78, 5) is 0. The van der Waals surface area contributed by atoms with Crippen LogP contribution < -0.4 is 14.2 Å². The molecule has 138 valence electrons. The second-order valence-electron chi connectivity index (χ2n) is 6.91. The minimum atomic E-state index is 0.105. The van der Waals surface area contributed by atoms with Crippen molar-refractivity contribution >= 4 is 0 Å². The summed E-state index contributed by atoms with van der Waals surface area (Å²) in [5.74, 6) is 8.95. The van der Waals surface area contributed by atoms with Crippen LogP contribution in [-0.4, -0.2) is 21.3 Å². The normalized spacial score (nSPS) is 17.8. The molecule has 2 aromatic rings. The zero-order valence-electron chi connectivity index (χ0n) is 16.1. The Balaban J connectivity index is 2.05. The number of rotatable bonds is 4. The highest BCUT2D eigenvalue weighted by Gasteiger charge is 2.32. The number of benzene rings is 2. The van der Waals surface area contributed by atoms with Crippen LogP contribution >= 0.6 is 0 Å². The van der Waals surface area contributed by atoms with E-state index >= 15 is 0 Å². The Bertz CT molecular complexity index is 945. The molecule has 0 saturated heterocycles. The zero-order chi connectivity index (χ0) is 18.8. The Labute approximate surface area is 161 Å². The van der Waals surface area contributed by atoms with Crippen LogP contribution in [0.4, 0.5) is 0 Å². The molecule has 27 heavy (non-hydrogen) atoms. The fourth-order valence-corrected chi connectivity index (χ4v) is 4.29. The van der Waals surface area contributed by atoms with Crippen molar-refractivity contribution in [3.05, 3.63) is 64.2 Å². The maximum absolute atomic E-state index is 5.87. The third-order valence-electron chi connectivity index (χ3n) is 5.50. The molecule has 2 aromatic carbocycles. The molecular weight excluding hydrogens is 336 g/mol. The van der Waals surface area contributed by atoms with E-state index in [1.54, 1.807) is 21.3 Å². The third-order valence-corrected chi connectivity index (χ3v) is 5.50. The summed E-state index contributed by atoms with van der Waals surface area (Å²) in [6, 6.07) is 12.6. The molecule has 1 atom stereocenters. The van der Waals surface area contributed by atoms with Crippen LogP contribution in [-0.2, 0) is 0 Å².